The van der Waals surface area contributed by atoms with Crippen LogP contribution in [-0.4, -0.2) is 24.7 Å². The summed E-state index contributed by atoms with van der Waals surface area (Å²) in [7, 11) is 1.58. The average molecular weight is 279 g/mol. The molecule has 0 aliphatic carbocycles. The number of carbonyl (C=O) groups is 1. The van der Waals surface area contributed by atoms with E-state index >= 15 is 0 Å². The van der Waals surface area contributed by atoms with E-state index in [2.05, 4.69) is 33.8 Å². The Morgan fingerprint density at radius 3 is 2.35 bits per heavy atom. The molecule has 0 spiro atoms. The maximum absolute atomic E-state index is 11.4. The fraction of sp³-hybridized carbons (Fsp3) is 0.562. The van der Waals surface area contributed by atoms with Gasteiger partial charge in [0.25, 0.3) is 0 Å². The Kier molecular flexibility index (Phi) is 5.17. The zero-order chi connectivity index (χ0) is 15.5. The Bertz CT molecular complexity index is 489. The van der Waals surface area contributed by atoms with Gasteiger partial charge < -0.3 is 15.6 Å². The summed E-state index contributed by atoms with van der Waals surface area (Å²) in [5.74, 6) is -1.01. The molecule has 4 nitrogen and oxygen atoms in total. The van der Waals surface area contributed by atoms with Crippen molar-refractivity contribution in [3.05, 3.63) is 28.8 Å². The highest BCUT2D eigenvalue weighted by molar-refractivity contribution is 5.78. The number of nitrogens with two attached hydrogens (primary N) is 1. The molecule has 1 rings (SSSR count). The SMILES string of the molecule is CCc1cc(C(CN)C(=O)O)c(OC)c(C(C)(C)C)c1. The maximum Gasteiger partial charge on any atom is 0.312 e. The molecular weight excluding hydrogens is 254 g/mol. The van der Waals surface area contributed by atoms with Gasteiger partial charge in [-0.05, 0) is 17.4 Å². The number of hydrogen-bond donors (Lipinski definition) is 2. The number of hydrogen-bond acceptors (Lipinski definition) is 3. The number of rotatable bonds is 5. The molecule has 0 amide bonds. The molecule has 0 aliphatic heterocycles. The molecule has 0 saturated carbocycles. The molecule has 0 bridgehead atoms. The number of aryl methyl sites for hydroxylation is 1. The lowest BCUT2D eigenvalue weighted by molar-refractivity contribution is -0.138. The Hall–Kier alpha value is -1.55. The summed E-state index contributed by atoms with van der Waals surface area (Å²) in [6, 6.07) is 4.00. The number of methoxy groups -OCH3 is 1. The van der Waals surface area contributed by atoms with Crippen molar-refractivity contribution < 1.29 is 14.6 Å². The lowest BCUT2D eigenvalue weighted by Gasteiger charge is -2.26. The summed E-state index contributed by atoms with van der Waals surface area (Å²) in [6.07, 6.45) is 0.844. The number of carboxylic acid groups (broad SMARTS) is 1. The predicted molar refractivity (Wildman–Crippen MR) is 80.5 cm³/mol. The van der Waals surface area contributed by atoms with E-state index in [0.29, 0.717) is 11.3 Å². The third-order valence-corrected chi connectivity index (χ3v) is 3.51. The third kappa shape index (κ3) is 3.31. The first-order chi connectivity index (χ1) is 9.26. The molecule has 0 aliphatic rings. The molecule has 20 heavy (non-hydrogen) atoms. The minimum atomic E-state index is -0.918. The minimum Gasteiger partial charge on any atom is -0.496 e. The Morgan fingerprint density at radius 2 is 2.00 bits per heavy atom. The number of ether oxygens (including phenoxy) is 1. The van der Waals surface area contributed by atoms with Crippen LogP contribution < -0.4 is 10.5 Å². The summed E-state index contributed by atoms with van der Waals surface area (Å²) >= 11 is 0. The summed E-state index contributed by atoms with van der Waals surface area (Å²) in [6.45, 7) is 8.38. The number of carboxylic acids is 1. The van der Waals surface area contributed by atoms with E-state index in [-0.39, 0.29) is 12.0 Å². The van der Waals surface area contributed by atoms with Crippen LogP contribution in [-0.2, 0) is 16.6 Å². The van der Waals surface area contributed by atoms with Gasteiger partial charge in [0.15, 0.2) is 0 Å². The monoisotopic (exact) mass is 279 g/mol. The van der Waals surface area contributed by atoms with Crippen molar-refractivity contribution >= 4 is 5.97 Å². The van der Waals surface area contributed by atoms with E-state index in [0.717, 1.165) is 17.5 Å². The van der Waals surface area contributed by atoms with E-state index in [1.165, 1.54) is 0 Å². The molecular formula is C16H25NO3. The van der Waals surface area contributed by atoms with E-state index in [4.69, 9.17) is 10.5 Å². The number of benzene rings is 1. The first kappa shape index (κ1) is 16.5. The topological polar surface area (TPSA) is 72.6 Å². The average Bonchev–Trinajstić information content (AvgIpc) is 2.37. The van der Waals surface area contributed by atoms with Crippen LogP contribution in [0.4, 0.5) is 0 Å². The summed E-state index contributed by atoms with van der Waals surface area (Å²) in [5, 5.41) is 9.37. The molecule has 1 aromatic rings. The largest absolute Gasteiger partial charge is 0.496 e. The smallest absolute Gasteiger partial charge is 0.312 e. The third-order valence-electron chi connectivity index (χ3n) is 3.51. The Labute approximate surface area is 120 Å². The van der Waals surface area contributed by atoms with Gasteiger partial charge in [0.05, 0.1) is 13.0 Å². The van der Waals surface area contributed by atoms with E-state index < -0.39 is 11.9 Å². The van der Waals surface area contributed by atoms with Gasteiger partial charge in [-0.15, -0.1) is 0 Å². The standard InChI is InChI=1S/C16H25NO3/c1-6-10-7-11(12(9-17)15(18)19)14(20-5)13(8-10)16(2,3)4/h7-8,12H,6,9,17H2,1-5H3,(H,18,19). The number of aliphatic carboxylic acids is 1. The highest BCUT2D eigenvalue weighted by Crippen LogP contribution is 2.38. The van der Waals surface area contributed by atoms with Crippen molar-refractivity contribution in [1.82, 2.24) is 0 Å². The van der Waals surface area contributed by atoms with Crippen molar-refractivity contribution in [1.29, 1.82) is 0 Å². The Morgan fingerprint density at radius 1 is 1.40 bits per heavy atom. The summed E-state index contributed by atoms with van der Waals surface area (Å²) in [5.41, 5.74) is 8.32. The van der Waals surface area contributed by atoms with Crippen LogP contribution in [0.5, 0.6) is 5.75 Å². The first-order valence-electron chi connectivity index (χ1n) is 6.90. The van der Waals surface area contributed by atoms with Gasteiger partial charge in [-0.1, -0.05) is 39.8 Å². The normalized spacial score (nSPS) is 13.1. The minimum absolute atomic E-state index is 0.0580. The van der Waals surface area contributed by atoms with Gasteiger partial charge >= 0.3 is 5.97 Å². The van der Waals surface area contributed by atoms with Gasteiger partial charge in [-0.2, -0.15) is 0 Å². The fourth-order valence-corrected chi connectivity index (χ4v) is 2.32. The van der Waals surface area contributed by atoms with Crippen LogP contribution in [0.2, 0.25) is 0 Å². The molecule has 0 fully saturated rings. The van der Waals surface area contributed by atoms with Crippen molar-refractivity contribution in [3.63, 3.8) is 0 Å². The molecule has 112 valence electrons. The molecule has 1 aromatic carbocycles. The molecule has 0 saturated heterocycles. The van der Waals surface area contributed by atoms with E-state index in [1.54, 1.807) is 7.11 Å². The van der Waals surface area contributed by atoms with Crippen LogP contribution in [0.3, 0.4) is 0 Å². The highest BCUT2D eigenvalue weighted by atomic mass is 16.5. The van der Waals surface area contributed by atoms with Crippen LogP contribution in [0, 0.1) is 0 Å². The van der Waals surface area contributed by atoms with Crippen LogP contribution in [0.25, 0.3) is 0 Å². The van der Waals surface area contributed by atoms with Crippen LogP contribution >= 0.6 is 0 Å². The zero-order valence-electron chi connectivity index (χ0n) is 13.0. The lowest BCUT2D eigenvalue weighted by Crippen LogP contribution is -2.23. The maximum atomic E-state index is 11.4. The van der Waals surface area contributed by atoms with Gasteiger partial charge in [-0.25, -0.2) is 0 Å². The van der Waals surface area contributed by atoms with Crippen molar-refractivity contribution in [2.45, 2.75) is 45.4 Å². The zero-order valence-corrected chi connectivity index (χ0v) is 13.0. The first-order valence-corrected chi connectivity index (χ1v) is 6.90. The van der Waals surface area contributed by atoms with Crippen molar-refractivity contribution in [2.24, 2.45) is 5.73 Å². The second-order valence-corrected chi connectivity index (χ2v) is 6.00. The quantitative estimate of drug-likeness (QED) is 0.869. The summed E-state index contributed by atoms with van der Waals surface area (Å²) in [4.78, 5) is 11.4. The van der Waals surface area contributed by atoms with Crippen LogP contribution in [0.15, 0.2) is 12.1 Å². The van der Waals surface area contributed by atoms with Crippen LogP contribution in [0.1, 0.15) is 50.3 Å². The van der Waals surface area contributed by atoms with Gasteiger partial charge in [-0.3, -0.25) is 4.79 Å². The molecule has 0 radical (unpaired) electrons. The fourth-order valence-electron chi connectivity index (χ4n) is 2.32. The van der Waals surface area contributed by atoms with Gasteiger partial charge in [0, 0.05) is 17.7 Å². The summed E-state index contributed by atoms with van der Waals surface area (Å²) < 4.78 is 5.52. The second-order valence-electron chi connectivity index (χ2n) is 6.00. The molecule has 4 heteroatoms. The van der Waals surface area contributed by atoms with Crippen molar-refractivity contribution in [2.75, 3.05) is 13.7 Å². The molecule has 1 atom stereocenters. The van der Waals surface area contributed by atoms with E-state index in [1.807, 2.05) is 6.07 Å². The van der Waals surface area contributed by atoms with E-state index in [9.17, 15) is 9.90 Å². The highest BCUT2D eigenvalue weighted by Gasteiger charge is 2.28. The lowest BCUT2D eigenvalue weighted by atomic mass is 9.81. The van der Waals surface area contributed by atoms with Gasteiger partial charge in [0.1, 0.15) is 5.75 Å². The molecule has 0 aromatic heterocycles. The molecule has 3 N–H and O–H groups in total. The van der Waals surface area contributed by atoms with Gasteiger partial charge in [0.2, 0.25) is 0 Å². The van der Waals surface area contributed by atoms with Crippen molar-refractivity contribution in [3.8, 4) is 5.75 Å². The Balaban J connectivity index is 3.60. The molecule has 1 unspecified atom stereocenters. The second kappa shape index (κ2) is 6.27. The molecule has 0 heterocycles. The predicted octanol–water partition coefficient (Wildman–Crippen LogP) is 2.68.